The maximum absolute atomic E-state index is 12.7. The standard InChI is InChI=1S/C21H21N3O2/c1-14-6-8-16(9-7-14)23-21(26)19-10-11-20(25)24(19)13-15-12-22-18-5-3-2-4-17(15)18/h2-9,12,19,22H,10-11,13H2,1H3,(H,23,26). The van der Waals surface area contributed by atoms with Gasteiger partial charge >= 0.3 is 0 Å². The van der Waals surface area contributed by atoms with Crippen LogP contribution in [-0.4, -0.2) is 27.7 Å². The van der Waals surface area contributed by atoms with Crippen molar-refractivity contribution in [1.82, 2.24) is 9.88 Å². The molecule has 1 atom stereocenters. The number of nitrogens with zero attached hydrogens (tertiary/aromatic N) is 1. The molecule has 0 radical (unpaired) electrons. The Hall–Kier alpha value is -3.08. The topological polar surface area (TPSA) is 65.2 Å². The van der Waals surface area contributed by atoms with Crippen molar-refractivity contribution in [3.63, 3.8) is 0 Å². The van der Waals surface area contributed by atoms with Crippen molar-refractivity contribution < 1.29 is 9.59 Å². The van der Waals surface area contributed by atoms with Crippen molar-refractivity contribution in [3.05, 3.63) is 65.9 Å². The summed E-state index contributed by atoms with van der Waals surface area (Å²) in [6, 6.07) is 15.2. The Labute approximate surface area is 152 Å². The fraction of sp³-hybridized carbons (Fsp3) is 0.238. The molecule has 0 bridgehead atoms. The average molecular weight is 347 g/mol. The Morgan fingerprint density at radius 1 is 1.19 bits per heavy atom. The first-order valence-electron chi connectivity index (χ1n) is 8.84. The van der Waals surface area contributed by atoms with Crippen LogP contribution in [0, 0.1) is 6.92 Å². The summed E-state index contributed by atoms with van der Waals surface area (Å²) in [4.78, 5) is 30.0. The van der Waals surface area contributed by atoms with Crippen LogP contribution in [0.3, 0.4) is 0 Å². The molecule has 2 N–H and O–H groups in total. The molecule has 2 aromatic carbocycles. The number of carbonyl (C=O) groups is 2. The lowest BCUT2D eigenvalue weighted by atomic mass is 10.1. The zero-order valence-corrected chi connectivity index (χ0v) is 14.7. The Balaban J connectivity index is 1.53. The number of benzene rings is 2. The maximum atomic E-state index is 12.7. The molecule has 1 aromatic heterocycles. The Bertz CT molecular complexity index is 959. The van der Waals surface area contributed by atoms with E-state index in [2.05, 4.69) is 10.3 Å². The van der Waals surface area contributed by atoms with Crippen molar-refractivity contribution >= 4 is 28.4 Å². The van der Waals surface area contributed by atoms with E-state index in [1.54, 1.807) is 4.90 Å². The summed E-state index contributed by atoms with van der Waals surface area (Å²) >= 11 is 0. The van der Waals surface area contributed by atoms with Gasteiger partial charge in [-0.1, -0.05) is 35.9 Å². The van der Waals surface area contributed by atoms with Crippen LogP contribution in [-0.2, 0) is 16.1 Å². The lowest BCUT2D eigenvalue weighted by Gasteiger charge is -2.24. The normalized spacial score (nSPS) is 17.0. The van der Waals surface area contributed by atoms with Gasteiger partial charge < -0.3 is 15.2 Å². The van der Waals surface area contributed by atoms with Crippen LogP contribution in [0.1, 0.15) is 24.0 Å². The van der Waals surface area contributed by atoms with E-state index in [1.807, 2.05) is 61.7 Å². The molecule has 1 aliphatic heterocycles. The van der Waals surface area contributed by atoms with E-state index >= 15 is 0 Å². The summed E-state index contributed by atoms with van der Waals surface area (Å²) in [5, 5.41) is 4.03. The zero-order valence-electron chi connectivity index (χ0n) is 14.7. The van der Waals surface area contributed by atoms with Crippen molar-refractivity contribution in [1.29, 1.82) is 0 Å². The first-order chi connectivity index (χ1) is 12.6. The molecule has 132 valence electrons. The van der Waals surface area contributed by atoms with E-state index in [0.717, 1.165) is 27.7 Å². The average Bonchev–Trinajstić information content (AvgIpc) is 3.22. The number of hydrogen-bond donors (Lipinski definition) is 2. The minimum absolute atomic E-state index is 0.0272. The molecule has 0 saturated carbocycles. The second-order valence-electron chi connectivity index (χ2n) is 6.79. The molecule has 26 heavy (non-hydrogen) atoms. The molecule has 2 amide bonds. The van der Waals surface area contributed by atoms with E-state index in [4.69, 9.17) is 0 Å². The van der Waals surface area contributed by atoms with Gasteiger partial charge in [-0.25, -0.2) is 0 Å². The minimum atomic E-state index is -0.433. The maximum Gasteiger partial charge on any atom is 0.247 e. The van der Waals surface area contributed by atoms with E-state index in [1.165, 1.54) is 0 Å². The third kappa shape index (κ3) is 3.08. The SMILES string of the molecule is Cc1ccc(NC(=O)C2CCC(=O)N2Cc2c[nH]c3ccccc23)cc1. The minimum Gasteiger partial charge on any atom is -0.361 e. The van der Waals surface area contributed by atoms with Crippen LogP contribution in [0.25, 0.3) is 10.9 Å². The van der Waals surface area contributed by atoms with Gasteiger partial charge in [0.15, 0.2) is 0 Å². The third-order valence-corrected chi connectivity index (χ3v) is 4.97. The number of aromatic amines is 1. The van der Waals surface area contributed by atoms with E-state index in [0.29, 0.717) is 19.4 Å². The molecule has 0 spiro atoms. The summed E-state index contributed by atoms with van der Waals surface area (Å²) in [6.45, 7) is 2.44. The van der Waals surface area contributed by atoms with Gasteiger partial charge in [-0.15, -0.1) is 0 Å². The smallest absolute Gasteiger partial charge is 0.247 e. The summed E-state index contributed by atoms with van der Waals surface area (Å²) in [5.41, 5.74) is 3.96. The number of aryl methyl sites for hydroxylation is 1. The highest BCUT2D eigenvalue weighted by molar-refractivity contribution is 5.99. The molecular formula is C21H21N3O2. The molecule has 4 rings (SSSR count). The molecule has 3 aromatic rings. The predicted molar refractivity (Wildman–Crippen MR) is 102 cm³/mol. The highest BCUT2D eigenvalue weighted by Crippen LogP contribution is 2.26. The van der Waals surface area contributed by atoms with Gasteiger partial charge in [0.1, 0.15) is 6.04 Å². The largest absolute Gasteiger partial charge is 0.361 e. The van der Waals surface area contributed by atoms with E-state index in [9.17, 15) is 9.59 Å². The molecule has 1 saturated heterocycles. The highest BCUT2D eigenvalue weighted by Gasteiger charge is 2.36. The van der Waals surface area contributed by atoms with Crippen LogP contribution in [0.15, 0.2) is 54.7 Å². The number of fused-ring (bicyclic) bond motifs is 1. The van der Waals surface area contributed by atoms with Gasteiger partial charge in [0.05, 0.1) is 0 Å². The molecule has 2 heterocycles. The highest BCUT2D eigenvalue weighted by atomic mass is 16.2. The number of hydrogen-bond acceptors (Lipinski definition) is 2. The number of nitrogens with one attached hydrogen (secondary N) is 2. The van der Waals surface area contributed by atoms with Crippen molar-refractivity contribution in [3.8, 4) is 0 Å². The monoisotopic (exact) mass is 347 g/mol. The second-order valence-corrected chi connectivity index (χ2v) is 6.79. The van der Waals surface area contributed by atoms with Gasteiger partial charge in [0.2, 0.25) is 11.8 Å². The fourth-order valence-corrected chi connectivity index (χ4v) is 3.51. The number of para-hydroxylation sites is 1. The van der Waals surface area contributed by atoms with Crippen LogP contribution in [0.5, 0.6) is 0 Å². The van der Waals surface area contributed by atoms with Crippen molar-refractivity contribution in [2.45, 2.75) is 32.4 Å². The van der Waals surface area contributed by atoms with Crippen LogP contribution < -0.4 is 5.32 Å². The molecule has 5 heteroatoms. The lowest BCUT2D eigenvalue weighted by Crippen LogP contribution is -2.41. The van der Waals surface area contributed by atoms with Crippen molar-refractivity contribution in [2.75, 3.05) is 5.32 Å². The van der Waals surface area contributed by atoms with Gasteiger partial charge in [-0.05, 0) is 37.1 Å². The molecular weight excluding hydrogens is 326 g/mol. The first-order valence-corrected chi connectivity index (χ1v) is 8.84. The van der Waals surface area contributed by atoms with Gasteiger partial charge in [-0.3, -0.25) is 9.59 Å². The Morgan fingerprint density at radius 2 is 1.96 bits per heavy atom. The van der Waals surface area contributed by atoms with Crippen LogP contribution in [0.2, 0.25) is 0 Å². The fourth-order valence-electron chi connectivity index (χ4n) is 3.51. The number of amides is 2. The summed E-state index contributed by atoms with van der Waals surface area (Å²) in [5.74, 6) is -0.0983. The number of rotatable bonds is 4. The summed E-state index contributed by atoms with van der Waals surface area (Å²) in [6.07, 6.45) is 2.89. The van der Waals surface area contributed by atoms with Crippen LogP contribution in [0.4, 0.5) is 5.69 Å². The molecule has 1 fully saturated rings. The zero-order chi connectivity index (χ0) is 18.1. The molecule has 5 nitrogen and oxygen atoms in total. The molecule has 0 aliphatic carbocycles. The quantitative estimate of drug-likeness (QED) is 0.757. The summed E-state index contributed by atoms with van der Waals surface area (Å²) in [7, 11) is 0. The van der Waals surface area contributed by atoms with Gasteiger partial charge in [0, 0.05) is 35.8 Å². The Morgan fingerprint density at radius 3 is 2.77 bits per heavy atom. The number of carbonyl (C=O) groups excluding carboxylic acids is 2. The first kappa shape index (κ1) is 16.4. The Kier molecular flexibility index (Phi) is 4.21. The number of anilines is 1. The van der Waals surface area contributed by atoms with E-state index in [-0.39, 0.29) is 11.8 Å². The van der Waals surface area contributed by atoms with Gasteiger partial charge in [0.25, 0.3) is 0 Å². The van der Waals surface area contributed by atoms with Crippen LogP contribution >= 0.6 is 0 Å². The lowest BCUT2D eigenvalue weighted by molar-refractivity contribution is -0.133. The molecule has 1 aliphatic rings. The van der Waals surface area contributed by atoms with E-state index < -0.39 is 6.04 Å². The molecule has 1 unspecified atom stereocenters. The predicted octanol–water partition coefficient (Wildman–Crippen LogP) is 3.61. The number of aromatic nitrogens is 1. The van der Waals surface area contributed by atoms with Crippen molar-refractivity contribution in [2.24, 2.45) is 0 Å². The third-order valence-electron chi connectivity index (χ3n) is 4.97. The summed E-state index contributed by atoms with van der Waals surface area (Å²) < 4.78 is 0. The number of H-pyrrole nitrogens is 1. The number of likely N-dealkylation sites (tertiary alicyclic amines) is 1. The second kappa shape index (κ2) is 6.67. The van der Waals surface area contributed by atoms with Gasteiger partial charge in [-0.2, -0.15) is 0 Å².